The molecule has 94 valence electrons. The van der Waals surface area contributed by atoms with Crippen LogP contribution in [0.3, 0.4) is 0 Å². The first-order valence-corrected chi connectivity index (χ1v) is 6.01. The summed E-state index contributed by atoms with van der Waals surface area (Å²) in [6.45, 7) is 7.35. The highest BCUT2D eigenvalue weighted by molar-refractivity contribution is 6.33. The number of anilines is 1. The van der Waals surface area contributed by atoms with Crippen molar-refractivity contribution in [1.82, 2.24) is 0 Å². The van der Waals surface area contributed by atoms with Gasteiger partial charge in [-0.2, -0.15) is 0 Å². The van der Waals surface area contributed by atoms with Crippen LogP contribution in [0.2, 0.25) is 5.02 Å². The minimum absolute atomic E-state index is 0.112. The van der Waals surface area contributed by atoms with Crippen molar-refractivity contribution in [2.45, 2.75) is 39.8 Å². The van der Waals surface area contributed by atoms with Crippen LogP contribution in [0, 0.1) is 6.92 Å². The first-order valence-electron chi connectivity index (χ1n) is 5.64. The van der Waals surface area contributed by atoms with Gasteiger partial charge in [0.1, 0.15) is 6.04 Å². The van der Waals surface area contributed by atoms with Crippen molar-refractivity contribution in [3.63, 3.8) is 0 Å². The highest BCUT2D eigenvalue weighted by Gasteiger charge is 2.17. The molecule has 1 rings (SSSR count). The molecular weight excluding hydrogens is 238 g/mol. The average Bonchev–Trinajstić information content (AvgIpc) is 2.22. The lowest BCUT2D eigenvalue weighted by Crippen LogP contribution is -2.30. The lowest BCUT2D eigenvalue weighted by atomic mass is 10.2. The van der Waals surface area contributed by atoms with Crippen LogP contribution in [-0.2, 0) is 9.53 Å². The molecule has 0 aliphatic carbocycles. The maximum Gasteiger partial charge on any atom is 0.328 e. The first-order chi connectivity index (χ1) is 7.91. The van der Waals surface area contributed by atoms with Crippen molar-refractivity contribution in [2.75, 3.05) is 5.32 Å². The molecule has 0 fully saturated rings. The highest BCUT2D eigenvalue weighted by Crippen LogP contribution is 2.25. The van der Waals surface area contributed by atoms with Crippen LogP contribution in [0.5, 0.6) is 0 Å². The minimum Gasteiger partial charge on any atom is -0.461 e. The summed E-state index contributed by atoms with van der Waals surface area (Å²) >= 11 is 6.07. The summed E-state index contributed by atoms with van der Waals surface area (Å²) in [5, 5.41) is 3.68. The number of benzene rings is 1. The fourth-order valence-corrected chi connectivity index (χ4v) is 1.70. The lowest BCUT2D eigenvalue weighted by Gasteiger charge is -2.18. The number of halogens is 1. The second-order valence-electron chi connectivity index (χ2n) is 4.28. The van der Waals surface area contributed by atoms with Crippen molar-refractivity contribution >= 4 is 23.3 Å². The Bertz CT molecular complexity index is 384. The van der Waals surface area contributed by atoms with E-state index in [0.29, 0.717) is 5.02 Å². The molecule has 0 amide bonds. The quantitative estimate of drug-likeness (QED) is 0.838. The molecule has 1 aromatic carbocycles. The molecule has 0 bridgehead atoms. The molecule has 0 saturated heterocycles. The summed E-state index contributed by atoms with van der Waals surface area (Å²) < 4.78 is 5.12. The second-order valence-corrected chi connectivity index (χ2v) is 4.69. The van der Waals surface area contributed by atoms with Gasteiger partial charge in [-0.25, -0.2) is 4.79 Å². The number of esters is 1. The normalized spacial score (nSPS) is 12.4. The number of nitrogens with one attached hydrogen (secondary N) is 1. The van der Waals surface area contributed by atoms with Crippen LogP contribution in [0.25, 0.3) is 0 Å². The summed E-state index contributed by atoms with van der Waals surface area (Å²) in [5.41, 5.74) is 1.78. The lowest BCUT2D eigenvalue weighted by molar-refractivity contribution is -0.147. The van der Waals surface area contributed by atoms with E-state index in [4.69, 9.17) is 16.3 Å². The van der Waals surface area contributed by atoms with Gasteiger partial charge in [0.2, 0.25) is 0 Å². The fraction of sp³-hybridized carbons (Fsp3) is 0.462. The topological polar surface area (TPSA) is 38.3 Å². The number of carbonyl (C=O) groups excluding carboxylic acids is 1. The van der Waals surface area contributed by atoms with E-state index in [1.165, 1.54) is 0 Å². The van der Waals surface area contributed by atoms with E-state index in [0.717, 1.165) is 11.3 Å². The van der Waals surface area contributed by atoms with E-state index in [2.05, 4.69) is 5.32 Å². The Morgan fingerprint density at radius 1 is 1.35 bits per heavy atom. The van der Waals surface area contributed by atoms with E-state index in [9.17, 15) is 4.79 Å². The smallest absolute Gasteiger partial charge is 0.328 e. The van der Waals surface area contributed by atoms with Gasteiger partial charge < -0.3 is 10.1 Å². The number of aryl methyl sites for hydroxylation is 1. The summed E-state index contributed by atoms with van der Waals surface area (Å²) in [4.78, 5) is 11.7. The maximum atomic E-state index is 11.7. The first kappa shape index (κ1) is 13.8. The molecule has 0 saturated carbocycles. The van der Waals surface area contributed by atoms with E-state index in [-0.39, 0.29) is 12.1 Å². The number of para-hydroxylation sites is 1. The molecule has 1 N–H and O–H groups in total. The van der Waals surface area contributed by atoms with Gasteiger partial charge in [-0.1, -0.05) is 23.7 Å². The van der Waals surface area contributed by atoms with Crippen molar-refractivity contribution in [3.05, 3.63) is 28.8 Å². The molecule has 1 atom stereocenters. The third kappa shape index (κ3) is 3.93. The molecule has 0 aromatic heterocycles. The largest absolute Gasteiger partial charge is 0.461 e. The monoisotopic (exact) mass is 255 g/mol. The Morgan fingerprint density at radius 3 is 2.53 bits per heavy atom. The van der Waals surface area contributed by atoms with Crippen LogP contribution in [0.4, 0.5) is 5.69 Å². The molecule has 0 aliphatic rings. The molecule has 0 radical (unpaired) electrons. The van der Waals surface area contributed by atoms with E-state index >= 15 is 0 Å². The standard InChI is InChI=1S/C13H18ClNO2/c1-8(2)17-13(16)10(4)15-12-9(3)6-5-7-11(12)14/h5-8,10,15H,1-4H3. The van der Waals surface area contributed by atoms with E-state index < -0.39 is 6.04 Å². The van der Waals surface area contributed by atoms with Crippen LogP contribution in [0.15, 0.2) is 18.2 Å². The molecule has 1 aromatic rings. The van der Waals surface area contributed by atoms with E-state index in [1.54, 1.807) is 13.0 Å². The molecule has 0 spiro atoms. The maximum absolute atomic E-state index is 11.7. The van der Waals surface area contributed by atoms with Crippen LogP contribution in [-0.4, -0.2) is 18.1 Å². The molecule has 4 heteroatoms. The van der Waals surface area contributed by atoms with Gasteiger partial charge in [-0.3, -0.25) is 0 Å². The number of ether oxygens (including phenoxy) is 1. The molecular formula is C13H18ClNO2. The molecule has 0 aliphatic heterocycles. The van der Waals surface area contributed by atoms with Crippen molar-refractivity contribution in [2.24, 2.45) is 0 Å². The van der Waals surface area contributed by atoms with Gasteiger partial charge in [0.15, 0.2) is 0 Å². The fourth-order valence-electron chi connectivity index (χ4n) is 1.42. The Labute approximate surface area is 107 Å². The molecule has 3 nitrogen and oxygen atoms in total. The predicted molar refractivity (Wildman–Crippen MR) is 70.5 cm³/mol. The Hall–Kier alpha value is -1.22. The Kier molecular flexibility index (Phi) is 4.82. The van der Waals surface area contributed by atoms with Crippen molar-refractivity contribution in [3.8, 4) is 0 Å². The van der Waals surface area contributed by atoms with Gasteiger partial charge >= 0.3 is 5.97 Å². The van der Waals surface area contributed by atoms with Gasteiger partial charge in [-0.15, -0.1) is 0 Å². The average molecular weight is 256 g/mol. The predicted octanol–water partition coefficient (Wildman–Crippen LogP) is 3.40. The minimum atomic E-state index is -0.420. The number of rotatable bonds is 4. The summed E-state index contributed by atoms with van der Waals surface area (Å²) in [5.74, 6) is -0.278. The zero-order valence-corrected chi connectivity index (χ0v) is 11.3. The summed E-state index contributed by atoms with van der Waals surface area (Å²) in [7, 11) is 0. The van der Waals surface area contributed by atoms with Crippen LogP contribution < -0.4 is 5.32 Å². The van der Waals surface area contributed by atoms with Gasteiger partial charge in [0.05, 0.1) is 16.8 Å². The number of hydrogen-bond donors (Lipinski definition) is 1. The van der Waals surface area contributed by atoms with Crippen LogP contribution >= 0.6 is 11.6 Å². The zero-order chi connectivity index (χ0) is 13.0. The van der Waals surface area contributed by atoms with Crippen molar-refractivity contribution in [1.29, 1.82) is 0 Å². The van der Waals surface area contributed by atoms with E-state index in [1.807, 2.05) is 32.9 Å². The highest BCUT2D eigenvalue weighted by atomic mass is 35.5. The van der Waals surface area contributed by atoms with Crippen LogP contribution in [0.1, 0.15) is 26.3 Å². The van der Waals surface area contributed by atoms with Gasteiger partial charge in [0.25, 0.3) is 0 Å². The number of hydrogen-bond acceptors (Lipinski definition) is 3. The molecule has 1 unspecified atom stereocenters. The summed E-state index contributed by atoms with van der Waals surface area (Å²) in [6, 6.07) is 5.18. The third-order valence-electron chi connectivity index (χ3n) is 2.29. The Morgan fingerprint density at radius 2 is 2.00 bits per heavy atom. The summed E-state index contributed by atoms with van der Waals surface area (Å²) in [6.07, 6.45) is -0.112. The second kappa shape index (κ2) is 5.92. The SMILES string of the molecule is Cc1cccc(Cl)c1NC(C)C(=O)OC(C)C. The van der Waals surface area contributed by atoms with Gasteiger partial charge in [-0.05, 0) is 39.3 Å². The molecule has 0 heterocycles. The van der Waals surface area contributed by atoms with Crippen molar-refractivity contribution < 1.29 is 9.53 Å². The van der Waals surface area contributed by atoms with Gasteiger partial charge in [0, 0.05) is 0 Å². The Balaban J connectivity index is 2.74. The number of carbonyl (C=O) groups is 1. The zero-order valence-electron chi connectivity index (χ0n) is 10.6. The molecule has 17 heavy (non-hydrogen) atoms. The third-order valence-corrected chi connectivity index (χ3v) is 2.60.